The first-order chi connectivity index (χ1) is 8.92. The molecule has 1 heterocycles. The van der Waals surface area contributed by atoms with Gasteiger partial charge in [0.25, 0.3) is 0 Å². The summed E-state index contributed by atoms with van der Waals surface area (Å²) in [4.78, 5) is 11.1. The zero-order valence-electron chi connectivity index (χ0n) is 10.2. The Morgan fingerprint density at radius 2 is 1.89 bits per heavy atom. The fraction of sp³-hybridized carbons (Fsp3) is 0.900. The molecule has 0 radical (unpaired) electrons. The number of methoxy groups -OCH3 is 1. The Morgan fingerprint density at radius 3 is 2.42 bits per heavy atom. The summed E-state index contributed by atoms with van der Waals surface area (Å²) in [6.07, 6.45) is -8.43. The summed E-state index contributed by atoms with van der Waals surface area (Å²) < 4.78 is 14.4. The molecule has 0 amide bonds. The average Bonchev–Trinajstić information content (AvgIpc) is 2.42. The van der Waals surface area contributed by atoms with Crippen LogP contribution in [0.25, 0.3) is 0 Å². The Labute approximate surface area is 108 Å². The van der Waals surface area contributed by atoms with Crippen molar-refractivity contribution >= 4 is 5.97 Å². The van der Waals surface area contributed by atoms with Gasteiger partial charge in [0.2, 0.25) is 0 Å². The van der Waals surface area contributed by atoms with Crippen molar-refractivity contribution in [2.24, 2.45) is 0 Å². The van der Waals surface area contributed by atoms with Crippen LogP contribution in [0.15, 0.2) is 0 Å². The highest BCUT2D eigenvalue weighted by Gasteiger charge is 2.44. The van der Waals surface area contributed by atoms with Crippen molar-refractivity contribution in [2.75, 3.05) is 20.3 Å². The molecule has 0 aliphatic carbocycles. The van der Waals surface area contributed by atoms with Crippen molar-refractivity contribution in [3.05, 3.63) is 0 Å². The molecule has 5 N–H and O–H groups in total. The molecular formula is C10H18O9. The summed E-state index contributed by atoms with van der Waals surface area (Å²) in [6, 6.07) is 0. The number of carbonyl (C=O) groups is 1. The van der Waals surface area contributed by atoms with Gasteiger partial charge in [-0.1, -0.05) is 0 Å². The fourth-order valence-corrected chi connectivity index (χ4v) is 1.58. The van der Waals surface area contributed by atoms with Crippen molar-refractivity contribution < 1.29 is 44.5 Å². The van der Waals surface area contributed by atoms with Crippen LogP contribution in [0.4, 0.5) is 0 Å². The number of carbonyl (C=O) groups excluding carboxylic acids is 1. The van der Waals surface area contributed by atoms with Gasteiger partial charge in [0.1, 0.15) is 31.0 Å². The van der Waals surface area contributed by atoms with Gasteiger partial charge >= 0.3 is 5.97 Å². The molecule has 1 aliphatic rings. The topological polar surface area (TPSA) is 146 Å². The summed E-state index contributed by atoms with van der Waals surface area (Å²) >= 11 is 0. The molecule has 9 heteroatoms. The van der Waals surface area contributed by atoms with Crippen LogP contribution >= 0.6 is 0 Å². The maximum absolute atomic E-state index is 11.1. The standard InChI is InChI=1S/C10H18O9/c1-17-10-8(15)7(14)6(13)5(19-10)3-18-9(16)4(12)2-11/h4-8,10-15H,2-3H2,1H3/t4-,5-,6+,7+,8-,10+/m1/s1. The third-order valence-corrected chi connectivity index (χ3v) is 2.74. The molecular weight excluding hydrogens is 264 g/mol. The minimum atomic E-state index is -1.69. The second-order valence-electron chi connectivity index (χ2n) is 4.08. The van der Waals surface area contributed by atoms with Crippen LogP contribution in [0.1, 0.15) is 0 Å². The smallest absolute Gasteiger partial charge is 0.337 e. The summed E-state index contributed by atoms with van der Waals surface area (Å²) in [5.41, 5.74) is 0. The van der Waals surface area contributed by atoms with Crippen molar-refractivity contribution in [3.63, 3.8) is 0 Å². The molecule has 19 heavy (non-hydrogen) atoms. The van der Waals surface area contributed by atoms with Crippen LogP contribution < -0.4 is 0 Å². The monoisotopic (exact) mass is 282 g/mol. The van der Waals surface area contributed by atoms with Crippen LogP contribution in [0.2, 0.25) is 0 Å². The van der Waals surface area contributed by atoms with Crippen LogP contribution in [-0.2, 0) is 19.0 Å². The maximum Gasteiger partial charge on any atom is 0.337 e. The molecule has 1 fully saturated rings. The molecule has 0 aromatic carbocycles. The maximum atomic E-state index is 11.1. The highest BCUT2D eigenvalue weighted by molar-refractivity contribution is 5.74. The first-order valence-corrected chi connectivity index (χ1v) is 5.60. The molecule has 6 atom stereocenters. The third kappa shape index (κ3) is 3.83. The summed E-state index contributed by atoms with van der Waals surface area (Å²) in [5.74, 6) is -1.09. The van der Waals surface area contributed by atoms with Crippen LogP contribution in [0, 0.1) is 0 Å². The molecule has 0 spiro atoms. The molecule has 0 bridgehead atoms. The van der Waals surface area contributed by atoms with E-state index in [1.165, 1.54) is 7.11 Å². The largest absolute Gasteiger partial charge is 0.461 e. The third-order valence-electron chi connectivity index (χ3n) is 2.74. The van der Waals surface area contributed by atoms with Crippen LogP contribution in [0.3, 0.4) is 0 Å². The molecule has 0 aromatic heterocycles. The number of ether oxygens (including phenoxy) is 3. The van der Waals surface area contributed by atoms with Gasteiger partial charge in [-0.15, -0.1) is 0 Å². The van der Waals surface area contributed by atoms with E-state index in [1.54, 1.807) is 0 Å². The normalized spacial score (nSPS) is 36.8. The van der Waals surface area contributed by atoms with Gasteiger partial charge in [0.05, 0.1) is 6.61 Å². The lowest BCUT2D eigenvalue weighted by molar-refractivity contribution is -0.295. The van der Waals surface area contributed by atoms with E-state index in [0.717, 1.165) is 0 Å². The van der Waals surface area contributed by atoms with Gasteiger partial charge in [0, 0.05) is 7.11 Å². The summed E-state index contributed by atoms with van der Waals surface area (Å²) in [5, 5.41) is 46.2. The predicted molar refractivity (Wildman–Crippen MR) is 57.7 cm³/mol. The molecule has 0 unspecified atom stereocenters. The Bertz CT molecular complexity index is 295. The van der Waals surface area contributed by atoms with Gasteiger partial charge in [0.15, 0.2) is 12.4 Å². The quantitative estimate of drug-likeness (QED) is 0.322. The molecule has 112 valence electrons. The predicted octanol–water partition coefficient (Wildman–Crippen LogP) is -3.66. The molecule has 1 saturated heterocycles. The van der Waals surface area contributed by atoms with Crippen LogP contribution in [-0.4, -0.2) is 88.6 Å². The number of hydrogen-bond donors (Lipinski definition) is 5. The van der Waals surface area contributed by atoms with Gasteiger partial charge in [-0.2, -0.15) is 0 Å². The van der Waals surface area contributed by atoms with E-state index >= 15 is 0 Å². The highest BCUT2D eigenvalue weighted by Crippen LogP contribution is 2.21. The lowest BCUT2D eigenvalue weighted by atomic mass is 9.99. The molecule has 0 saturated carbocycles. The van der Waals surface area contributed by atoms with E-state index in [-0.39, 0.29) is 0 Å². The summed E-state index contributed by atoms with van der Waals surface area (Å²) in [7, 11) is 1.23. The van der Waals surface area contributed by atoms with E-state index in [2.05, 4.69) is 4.74 Å². The zero-order chi connectivity index (χ0) is 14.6. The Kier molecular flexibility index (Phi) is 6.07. The summed E-state index contributed by atoms with van der Waals surface area (Å²) in [6.45, 7) is -1.27. The van der Waals surface area contributed by atoms with Crippen molar-refractivity contribution in [1.29, 1.82) is 0 Å². The van der Waals surface area contributed by atoms with E-state index < -0.39 is 56.0 Å². The highest BCUT2D eigenvalue weighted by atomic mass is 16.7. The SMILES string of the molecule is CO[C@H]1O[C@H](COC(=O)[C@H](O)CO)[C@H](O)[C@H](O)[C@H]1O. The lowest BCUT2D eigenvalue weighted by Crippen LogP contribution is -2.59. The van der Waals surface area contributed by atoms with Crippen molar-refractivity contribution in [1.82, 2.24) is 0 Å². The number of esters is 1. The number of aliphatic hydroxyl groups excluding tert-OH is 5. The second-order valence-corrected chi connectivity index (χ2v) is 4.08. The average molecular weight is 282 g/mol. The Morgan fingerprint density at radius 1 is 1.26 bits per heavy atom. The van der Waals surface area contributed by atoms with Crippen molar-refractivity contribution in [2.45, 2.75) is 36.8 Å². The minimum absolute atomic E-state index is 0.472. The fourth-order valence-electron chi connectivity index (χ4n) is 1.58. The number of aliphatic hydroxyl groups is 5. The van der Waals surface area contributed by atoms with E-state index in [1.807, 2.05) is 0 Å². The molecule has 0 aromatic rings. The first-order valence-electron chi connectivity index (χ1n) is 5.60. The van der Waals surface area contributed by atoms with Gasteiger partial charge in [-0.3, -0.25) is 0 Å². The Balaban J connectivity index is 2.55. The van der Waals surface area contributed by atoms with Crippen molar-refractivity contribution in [3.8, 4) is 0 Å². The van der Waals surface area contributed by atoms with Gasteiger partial charge in [-0.25, -0.2) is 4.79 Å². The van der Waals surface area contributed by atoms with Gasteiger partial charge < -0.3 is 39.7 Å². The first kappa shape index (κ1) is 16.2. The lowest BCUT2D eigenvalue weighted by Gasteiger charge is -2.39. The minimum Gasteiger partial charge on any atom is -0.461 e. The number of rotatable bonds is 5. The van der Waals surface area contributed by atoms with E-state index in [0.29, 0.717) is 0 Å². The zero-order valence-corrected chi connectivity index (χ0v) is 10.2. The molecule has 9 nitrogen and oxygen atoms in total. The second kappa shape index (κ2) is 7.10. The molecule has 1 aliphatic heterocycles. The van der Waals surface area contributed by atoms with Crippen LogP contribution in [0.5, 0.6) is 0 Å². The van der Waals surface area contributed by atoms with Gasteiger partial charge in [-0.05, 0) is 0 Å². The Hall–Kier alpha value is -0.810. The van der Waals surface area contributed by atoms with E-state index in [4.69, 9.17) is 19.7 Å². The van der Waals surface area contributed by atoms with E-state index in [9.17, 15) is 20.1 Å². The molecule has 1 rings (SSSR count). The number of hydrogen-bond acceptors (Lipinski definition) is 9.